The van der Waals surface area contributed by atoms with Crippen molar-refractivity contribution in [1.82, 2.24) is 9.88 Å². The van der Waals surface area contributed by atoms with E-state index in [2.05, 4.69) is 60.1 Å². The number of fused-ring (bicyclic) bond motifs is 1. The van der Waals surface area contributed by atoms with Crippen LogP contribution in [0, 0.1) is 0 Å². The average Bonchev–Trinajstić information content (AvgIpc) is 2.45. The fraction of sp³-hybridized carbons (Fsp3) is 0.471. The molecule has 1 fully saturated rings. The number of anilines is 1. The fourth-order valence-electron chi connectivity index (χ4n) is 2.99. The summed E-state index contributed by atoms with van der Waals surface area (Å²) in [6, 6.07) is 10.6. The minimum Gasteiger partial charge on any atom is -0.373 e. The van der Waals surface area contributed by atoms with Gasteiger partial charge in [0, 0.05) is 48.1 Å². The Morgan fingerprint density at radius 1 is 1.33 bits per heavy atom. The lowest BCUT2D eigenvalue weighted by atomic mass is 10.1. The summed E-state index contributed by atoms with van der Waals surface area (Å²) in [6.45, 7) is 7.93. The predicted octanol–water partition coefficient (Wildman–Crippen LogP) is 3.60. The van der Waals surface area contributed by atoms with Gasteiger partial charge in [-0.05, 0) is 26.0 Å². The summed E-state index contributed by atoms with van der Waals surface area (Å²) in [5.41, 5.74) is 2.35. The van der Waals surface area contributed by atoms with E-state index in [1.165, 1.54) is 16.7 Å². The molecule has 0 spiro atoms. The number of nitrogens with zero attached hydrogens (tertiary/aromatic N) is 2. The van der Waals surface area contributed by atoms with Crippen LogP contribution in [0.3, 0.4) is 0 Å². The molecule has 3 nitrogen and oxygen atoms in total. The molecule has 0 unspecified atom stereocenters. The second kappa shape index (κ2) is 5.85. The lowest BCUT2D eigenvalue weighted by Gasteiger charge is -2.37. The number of benzene rings is 1. The van der Waals surface area contributed by atoms with Crippen molar-refractivity contribution in [2.75, 3.05) is 31.2 Å². The van der Waals surface area contributed by atoms with Gasteiger partial charge in [-0.25, -0.2) is 4.98 Å². The van der Waals surface area contributed by atoms with Crippen LogP contribution in [0.25, 0.3) is 10.9 Å². The van der Waals surface area contributed by atoms with Crippen molar-refractivity contribution < 1.29 is 0 Å². The Morgan fingerprint density at radius 2 is 2.14 bits per heavy atom. The third-order valence-corrected chi connectivity index (χ3v) is 5.24. The summed E-state index contributed by atoms with van der Waals surface area (Å²) in [6.07, 6.45) is 0. The monoisotopic (exact) mass is 301 g/mol. The van der Waals surface area contributed by atoms with Crippen LogP contribution in [0.4, 0.5) is 5.82 Å². The maximum Gasteiger partial charge on any atom is 0.130 e. The molecule has 1 N–H and O–H groups in total. The SMILES string of the molecule is CNc1nc2ccccc2cc1CN1CCSC(C)(C)C1. The first kappa shape index (κ1) is 14.7. The summed E-state index contributed by atoms with van der Waals surface area (Å²) in [4.78, 5) is 7.30. The van der Waals surface area contributed by atoms with Gasteiger partial charge >= 0.3 is 0 Å². The molecule has 3 rings (SSSR count). The number of nitrogens with one attached hydrogen (secondary N) is 1. The van der Waals surface area contributed by atoms with Crippen LogP contribution >= 0.6 is 11.8 Å². The van der Waals surface area contributed by atoms with Gasteiger partial charge in [0.05, 0.1) is 5.52 Å². The van der Waals surface area contributed by atoms with Gasteiger partial charge in [0.25, 0.3) is 0 Å². The highest BCUT2D eigenvalue weighted by atomic mass is 32.2. The number of aromatic nitrogens is 1. The Hall–Kier alpha value is -1.26. The van der Waals surface area contributed by atoms with Crippen LogP contribution in [0.5, 0.6) is 0 Å². The van der Waals surface area contributed by atoms with Gasteiger partial charge in [0.15, 0.2) is 0 Å². The molecule has 1 aromatic carbocycles. The number of thioether (sulfide) groups is 1. The van der Waals surface area contributed by atoms with Gasteiger partial charge in [-0.15, -0.1) is 0 Å². The Labute approximate surface area is 131 Å². The van der Waals surface area contributed by atoms with E-state index in [1.54, 1.807) is 0 Å². The maximum atomic E-state index is 4.75. The third-order valence-electron chi connectivity index (χ3n) is 3.94. The van der Waals surface area contributed by atoms with Crippen LogP contribution in [-0.4, -0.2) is 40.5 Å². The van der Waals surface area contributed by atoms with Crippen molar-refractivity contribution in [3.8, 4) is 0 Å². The van der Waals surface area contributed by atoms with Crippen molar-refractivity contribution in [3.63, 3.8) is 0 Å². The predicted molar refractivity (Wildman–Crippen MR) is 93.1 cm³/mol. The van der Waals surface area contributed by atoms with Gasteiger partial charge in [-0.1, -0.05) is 18.2 Å². The minimum atomic E-state index is 0.350. The van der Waals surface area contributed by atoms with E-state index in [9.17, 15) is 0 Å². The quantitative estimate of drug-likeness (QED) is 0.937. The first-order chi connectivity index (χ1) is 10.1. The van der Waals surface area contributed by atoms with E-state index in [0.29, 0.717) is 4.75 Å². The van der Waals surface area contributed by atoms with Crippen LogP contribution in [0.1, 0.15) is 19.4 Å². The molecule has 112 valence electrons. The highest BCUT2D eigenvalue weighted by molar-refractivity contribution is 8.00. The Balaban J connectivity index is 1.88. The normalized spacial score (nSPS) is 18.8. The van der Waals surface area contributed by atoms with E-state index in [0.717, 1.165) is 31.0 Å². The summed E-state index contributed by atoms with van der Waals surface area (Å²) >= 11 is 2.07. The zero-order valence-electron chi connectivity index (χ0n) is 13.0. The van der Waals surface area contributed by atoms with Crippen molar-refractivity contribution in [3.05, 3.63) is 35.9 Å². The van der Waals surface area contributed by atoms with Gasteiger partial charge in [-0.3, -0.25) is 4.90 Å². The van der Waals surface area contributed by atoms with Crippen LogP contribution in [-0.2, 0) is 6.54 Å². The molecule has 0 amide bonds. The molecule has 1 saturated heterocycles. The van der Waals surface area contributed by atoms with Crippen molar-refractivity contribution in [2.45, 2.75) is 25.1 Å². The number of hydrogen-bond donors (Lipinski definition) is 1. The molecule has 2 aromatic rings. The van der Waals surface area contributed by atoms with Crippen LogP contribution < -0.4 is 5.32 Å². The number of pyridine rings is 1. The summed E-state index contributed by atoms with van der Waals surface area (Å²) < 4.78 is 0.350. The highest BCUT2D eigenvalue weighted by Gasteiger charge is 2.27. The Bertz CT molecular complexity index is 639. The molecular weight excluding hydrogens is 278 g/mol. The van der Waals surface area contributed by atoms with Gasteiger partial charge in [0.1, 0.15) is 5.82 Å². The Morgan fingerprint density at radius 3 is 2.90 bits per heavy atom. The van der Waals surface area contributed by atoms with Gasteiger partial charge in [-0.2, -0.15) is 11.8 Å². The second-order valence-corrected chi connectivity index (χ2v) is 8.06. The molecule has 4 heteroatoms. The molecule has 0 radical (unpaired) electrons. The molecule has 0 saturated carbocycles. The van der Waals surface area contributed by atoms with Crippen LogP contribution in [0.2, 0.25) is 0 Å². The first-order valence-corrected chi connectivity index (χ1v) is 8.49. The summed E-state index contributed by atoms with van der Waals surface area (Å²) in [5.74, 6) is 2.22. The van der Waals surface area contributed by atoms with Crippen LogP contribution in [0.15, 0.2) is 30.3 Å². The number of hydrogen-bond acceptors (Lipinski definition) is 4. The number of rotatable bonds is 3. The zero-order chi connectivity index (χ0) is 14.9. The molecule has 0 aliphatic carbocycles. The molecule has 1 aromatic heterocycles. The molecule has 2 heterocycles. The average molecular weight is 301 g/mol. The van der Waals surface area contributed by atoms with E-state index >= 15 is 0 Å². The van der Waals surface area contributed by atoms with E-state index < -0.39 is 0 Å². The van der Waals surface area contributed by atoms with Gasteiger partial charge in [0.2, 0.25) is 0 Å². The third kappa shape index (κ3) is 3.33. The van der Waals surface area contributed by atoms with Crippen molar-refractivity contribution >= 4 is 28.5 Å². The highest BCUT2D eigenvalue weighted by Crippen LogP contribution is 2.31. The molecule has 21 heavy (non-hydrogen) atoms. The first-order valence-electron chi connectivity index (χ1n) is 7.50. The molecule has 1 aliphatic rings. The largest absolute Gasteiger partial charge is 0.373 e. The van der Waals surface area contributed by atoms with Gasteiger partial charge < -0.3 is 5.32 Å². The summed E-state index contributed by atoms with van der Waals surface area (Å²) in [7, 11) is 1.95. The standard InChI is InChI=1S/C17H23N3S/c1-17(2)12-20(8-9-21-17)11-14-10-13-6-4-5-7-15(13)19-16(14)18-3/h4-7,10H,8-9,11-12H2,1-3H3,(H,18,19). The van der Waals surface area contributed by atoms with E-state index in [1.807, 2.05) is 13.1 Å². The minimum absolute atomic E-state index is 0.350. The molecule has 1 aliphatic heterocycles. The van der Waals surface area contributed by atoms with E-state index in [-0.39, 0.29) is 0 Å². The second-order valence-electron chi connectivity index (χ2n) is 6.26. The summed E-state index contributed by atoms with van der Waals surface area (Å²) in [5, 5.41) is 4.47. The zero-order valence-corrected chi connectivity index (χ0v) is 13.8. The topological polar surface area (TPSA) is 28.2 Å². The molecule has 0 bridgehead atoms. The smallest absolute Gasteiger partial charge is 0.130 e. The maximum absolute atomic E-state index is 4.75. The Kier molecular flexibility index (Phi) is 4.09. The lowest BCUT2D eigenvalue weighted by Crippen LogP contribution is -2.42. The van der Waals surface area contributed by atoms with E-state index in [4.69, 9.17) is 4.98 Å². The number of para-hydroxylation sites is 1. The van der Waals surface area contributed by atoms with Crippen molar-refractivity contribution in [1.29, 1.82) is 0 Å². The molecule has 0 atom stereocenters. The fourth-order valence-corrected chi connectivity index (χ4v) is 4.16. The lowest BCUT2D eigenvalue weighted by molar-refractivity contribution is 0.253. The molecular formula is C17H23N3S. The van der Waals surface area contributed by atoms with Crippen molar-refractivity contribution in [2.24, 2.45) is 0 Å².